The van der Waals surface area contributed by atoms with E-state index in [0.717, 1.165) is 18.5 Å². The topological polar surface area (TPSA) is 68.0 Å². The molecule has 0 bridgehead atoms. The number of rotatable bonds is 1. The maximum Gasteiger partial charge on any atom is 0.228 e. The number of nitrogens with two attached hydrogens (primary N) is 1. The Morgan fingerprint density at radius 1 is 1.77 bits per heavy atom. The molecule has 1 aliphatic carbocycles. The van der Waals surface area contributed by atoms with Crippen molar-refractivity contribution in [2.24, 2.45) is 0 Å². The van der Waals surface area contributed by atoms with Gasteiger partial charge in [-0.1, -0.05) is 0 Å². The Bertz CT molecular complexity index is 347. The van der Waals surface area contributed by atoms with Crippen LogP contribution in [-0.4, -0.2) is 17.9 Å². The number of carbonyl (C=O) groups excluding carboxylic acids is 1. The van der Waals surface area contributed by atoms with Crippen LogP contribution in [0.2, 0.25) is 0 Å². The number of nitrogen functional groups attached to an aromatic ring is 1. The van der Waals surface area contributed by atoms with E-state index in [0.29, 0.717) is 5.13 Å². The van der Waals surface area contributed by atoms with E-state index < -0.39 is 0 Å². The van der Waals surface area contributed by atoms with Crippen molar-refractivity contribution in [1.82, 2.24) is 10.3 Å². The van der Waals surface area contributed by atoms with E-state index in [2.05, 4.69) is 10.3 Å². The Labute approximate surface area is 80.2 Å². The van der Waals surface area contributed by atoms with Gasteiger partial charge in [-0.15, -0.1) is 11.3 Å². The van der Waals surface area contributed by atoms with Crippen LogP contribution in [0.3, 0.4) is 0 Å². The molecular formula is C8H11N3OS. The van der Waals surface area contributed by atoms with Gasteiger partial charge in [-0.3, -0.25) is 4.79 Å². The van der Waals surface area contributed by atoms with Gasteiger partial charge in [0.1, 0.15) is 0 Å². The average molecular weight is 197 g/mol. The Kier molecular flexibility index (Phi) is 1.95. The SMILES string of the molecule is CNC(=O)[C@@H]1CCc2sc(N)nc21. The maximum atomic E-state index is 11.4. The molecular weight excluding hydrogens is 186 g/mol. The first-order chi connectivity index (χ1) is 6.22. The average Bonchev–Trinajstić information content (AvgIpc) is 2.61. The second-order valence-electron chi connectivity index (χ2n) is 3.07. The van der Waals surface area contributed by atoms with Crippen molar-refractivity contribution >= 4 is 22.4 Å². The van der Waals surface area contributed by atoms with Crippen LogP contribution in [0, 0.1) is 0 Å². The van der Waals surface area contributed by atoms with E-state index >= 15 is 0 Å². The molecule has 1 amide bonds. The number of fused-ring (bicyclic) bond motifs is 1. The van der Waals surface area contributed by atoms with Gasteiger partial charge in [-0.2, -0.15) is 0 Å². The Morgan fingerprint density at radius 2 is 2.54 bits per heavy atom. The molecule has 0 saturated heterocycles. The smallest absolute Gasteiger partial charge is 0.228 e. The minimum Gasteiger partial charge on any atom is -0.375 e. The monoisotopic (exact) mass is 197 g/mol. The minimum atomic E-state index is -0.0754. The number of amides is 1. The summed E-state index contributed by atoms with van der Waals surface area (Å²) in [5.74, 6) is -0.0300. The summed E-state index contributed by atoms with van der Waals surface area (Å²) in [7, 11) is 1.65. The second-order valence-corrected chi connectivity index (χ2v) is 4.18. The molecule has 0 fully saturated rings. The zero-order valence-corrected chi connectivity index (χ0v) is 8.15. The van der Waals surface area contributed by atoms with Gasteiger partial charge >= 0.3 is 0 Å². The van der Waals surface area contributed by atoms with Crippen LogP contribution in [-0.2, 0) is 11.2 Å². The third-order valence-corrected chi connectivity index (χ3v) is 3.26. The number of aryl methyl sites for hydroxylation is 1. The zero-order valence-electron chi connectivity index (χ0n) is 7.33. The molecule has 3 N–H and O–H groups in total. The molecule has 0 spiro atoms. The van der Waals surface area contributed by atoms with Crippen molar-refractivity contribution in [2.45, 2.75) is 18.8 Å². The number of aromatic nitrogens is 1. The first kappa shape index (κ1) is 8.50. The molecule has 1 aromatic rings. The molecule has 0 radical (unpaired) electrons. The van der Waals surface area contributed by atoms with E-state index in [9.17, 15) is 4.79 Å². The second kappa shape index (κ2) is 2.99. The van der Waals surface area contributed by atoms with E-state index in [1.54, 1.807) is 7.05 Å². The van der Waals surface area contributed by atoms with Crippen molar-refractivity contribution in [1.29, 1.82) is 0 Å². The molecule has 1 aliphatic rings. The molecule has 0 unspecified atom stereocenters. The number of likely N-dealkylation sites (N-methyl/N-ethyl adjacent to an activating group) is 1. The lowest BCUT2D eigenvalue weighted by atomic mass is 10.1. The van der Waals surface area contributed by atoms with Crippen LogP contribution in [0.1, 0.15) is 22.9 Å². The van der Waals surface area contributed by atoms with Crippen molar-refractivity contribution < 1.29 is 4.79 Å². The number of nitrogens with zero attached hydrogens (tertiary/aromatic N) is 1. The summed E-state index contributed by atoms with van der Waals surface area (Å²) in [4.78, 5) is 16.7. The number of anilines is 1. The summed E-state index contributed by atoms with van der Waals surface area (Å²) in [5.41, 5.74) is 6.46. The molecule has 1 atom stereocenters. The van der Waals surface area contributed by atoms with Crippen LogP contribution in [0.4, 0.5) is 5.13 Å². The molecule has 4 nitrogen and oxygen atoms in total. The van der Waals surface area contributed by atoms with Gasteiger partial charge in [0.2, 0.25) is 5.91 Å². The largest absolute Gasteiger partial charge is 0.375 e. The fourth-order valence-electron chi connectivity index (χ4n) is 1.68. The van der Waals surface area contributed by atoms with Crippen LogP contribution in [0.25, 0.3) is 0 Å². The predicted molar refractivity (Wildman–Crippen MR) is 51.7 cm³/mol. The van der Waals surface area contributed by atoms with Gasteiger partial charge < -0.3 is 11.1 Å². The molecule has 0 aromatic carbocycles. The lowest BCUT2D eigenvalue weighted by Crippen LogP contribution is -2.24. The first-order valence-electron chi connectivity index (χ1n) is 4.19. The quantitative estimate of drug-likeness (QED) is 0.689. The number of hydrogen-bond acceptors (Lipinski definition) is 4. The van der Waals surface area contributed by atoms with Gasteiger partial charge in [0.05, 0.1) is 11.6 Å². The van der Waals surface area contributed by atoms with Crippen LogP contribution in [0.5, 0.6) is 0 Å². The fourth-order valence-corrected chi connectivity index (χ4v) is 2.58. The molecule has 1 heterocycles. The Balaban J connectivity index is 2.32. The summed E-state index contributed by atoms with van der Waals surface area (Å²) in [6, 6.07) is 0. The summed E-state index contributed by atoms with van der Waals surface area (Å²) in [6.07, 6.45) is 1.80. The summed E-state index contributed by atoms with van der Waals surface area (Å²) in [5, 5.41) is 3.21. The molecule has 70 valence electrons. The third kappa shape index (κ3) is 1.29. The van der Waals surface area contributed by atoms with Gasteiger partial charge in [-0.25, -0.2) is 4.98 Å². The lowest BCUT2D eigenvalue weighted by Gasteiger charge is -2.05. The molecule has 0 aliphatic heterocycles. The number of carbonyl (C=O) groups is 1. The normalized spacial score (nSPS) is 19.9. The minimum absolute atomic E-state index is 0.0454. The molecule has 2 rings (SSSR count). The van der Waals surface area contributed by atoms with E-state index in [-0.39, 0.29) is 11.8 Å². The standard InChI is InChI=1S/C8H11N3OS/c1-10-7(12)4-2-3-5-6(4)11-8(9)13-5/h4H,2-3H2,1H3,(H2,9,11)(H,10,12)/t4-/m1/s1. The zero-order chi connectivity index (χ0) is 9.42. The van der Waals surface area contributed by atoms with Crippen molar-refractivity contribution in [3.63, 3.8) is 0 Å². The van der Waals surface area contributed by atoms with E-state index in [1.807, 2.05) is 0 Å². The summed E-state index contributed by atoms with van der Waals surface area (Å²) in [6.45, 7) is 0. The summed E-state index contributed by atoms with van der Waals surface area (Å²) < 4.78 is 0. The maximum absolute atomic E-state index is 11.4. The highest BCUT2D eigenvalue weighted by molar-refractivity contribution is 7.15. The van der Waals surface area contributed by atoms with Crippen molar-refractivity contribution in [3.05, 3.63) is 10.6 Å². The van der Waals surface area contributed by atoms with Crippen LogP contribution < -0.4 is 11.1 Å². The first-order valence-corrected chi connectivity index (χ1v) is 5.00. The number of hydrogen-bond donors (Lipinski definition) is 2. The lowest BCUT2D eigenvalue weighted by molar-refractivity contribution is -0.122. The van der Waals surface area contributed by atoms with Gasteiger partial charge in [0, 0.05) is 11.9 Å². The summed E-state index contributed by atoms with van der Waals surface area (Å²) >= 11 is 1.50. The predicted octanol–water partition coefficient (Wildman–Crippen LogP) is 0.501. The van der Waals surface area contributed by atoms with Crippen molar-refractivity contribution in [2.75, 3.05) is 12.8 Å². The highest BCUT2D eigenvalue weighted by Crippen LogP contribution is 2.37. The number of nitrogens with one attached hydrogen (secondary N) is 1. The van der Waals surface area contributed by atoms with E-state index in [4.69, 9.17) is 5.73 Å². The number of thiazole rings is 1. The third-order valence-electron chi connectivity index (χ3n) is 2.30. The van der Waals surface area contributed by atoms with Gasteiger partial charge in [0.15, 0.2) is 5.13 Å². The van der Waals surface area contributed by atoms with Gasteiger partial charge in [-0.05, 0) is 12.8 Å². The van der Waals surface area contributed by atoms with Crippen molar-refractivity contribution in [3.8, 4) is 0 Å². The molecule has 5 heteroatoms. The molecule has 0 saturated carbocycles. The molecule has 13 heavy (non-hydrogen) atoms. The molecule has 1 aromatic heterocycles. The highest BCUT2D eigenvalue weighted by Gasteiger charge is 2.31. The van der Waals surface area contributed by atoms with Gasteiger partial charge in [0.25, 0.3) is 0 Å². The Hall–Kier alpha value is -1.10. The Morgan fingerprint density at radius 3 is 3.23 bits per heavy atom. The van der Waals surface area contributed by atoms with Crippen LogP contribution >= 0.6 is 11.3 Å². The van der Waals surface area contributed by atoms with Crippen LogP contribution in [0.15, 0.2) is 0 Å². The van der Waals surface area contributed by atoms with E-state index in [1.165, 1.54) is 16.2 Å². The fraction of sp³-hybridized carbons (Fsp3) is 0.500. The highest BCUT2D eigenvalue weighted by atomic mass is 32.1.